The Balaban J connectivity index is 1.84. The van der Waals surface area contributed by atoms with Gasteiger partial charge in [0.2, 0.25) is 15.9 Å². The van der Waals surface area contributed by atoms with Gasteiger partial charge in [0, 0.05) is 38.2 Å². The van der Waals surface area contributed by atoms with Gasteiger partial charge in [0.25, 0.3) is 0 Å². The van der Waals surface area contributed by atoms with E-state index in [4.69, 9.17) is 58.0 Å². The lowest BCUT2D eigenvalue weighted by atomic mass is 10.2. The van der Waals surface area contributed by atoms with E-state index in [0.717, 1.165) is 4.31 Å². The van der Waals surface area contributed by atoms with Gasteiger partial charge in [0.1, 0.15) is 0 Å². The van der Waals surface area contributed by atoms with Crippen molar-refractivity contribution in [3.8, 4) is 0 Å². The van der Waals surface area contributed by atoms with Gasteiger partial charge in [-0.3, -0.25) is 4.79 Å². The van der Waals surface area contributed by atoms with E-state index in [1.807, 2.05) is 0 Å². The van der Waals surface area contributed by atoms with Gasteiger partial charge in [0.05, 0.1) is 11.4 Å². The summed E-state index contributed by atoms with van der Waals surface area (Å²) in [6.07, 6.45) is 0. The Hall–Kier alpha value is -1.51. The van der Waals surface area contributed by atoms with Crippen molar-refractivity contribution in [1.82, 2.24) is 9.62 Å². The predicted molar refractivity (Wildman–Crippen MR) is 134 cm³/mol. The first kappa shape index (κ1) is 26.1. The van der Waals surface area contributed by atoms with Crippen molar-refractivity contribution in [1.29, 1.82) is 0 Å². The zero-order valence-electron chi connectivity index (χ0n) is 16.9. The number of carbonyl (C=O) groups excluding carboxylic acids is 1. The number of benzene rings is 3. The molecule has 11 heteroatoms. The molecule has 1 amide bonds. The molecule has 0 saturated carbocycles. The molecular formula is C22H17Cl5N2O3S. The molecular weight excluding hydrogens is 550 g/mol. The van der Waals surface area contributed by atoms with Crippen molar-refractivity contribution in [3.05, 3.63) is 96.9 Å². The Morgan fingerprint density at radius 3 is 1.82 bits per heavy atom. The van der Waals surface area contributed by atoms with E-state index in [1.165, 1.54) is 30.3 Å². The molecule has 33 heavy (non-hydrogen) atoms. The molecule has 0 aliphatic rings. The molecule has 0 radical (unpaired) electrons. The fourth-order valence-corrected chi connectivity index (χ4v) is 5.34. The number of hydrogen-bond acceptors (Lipinski definition) is 3. The van der Waals surface area contributed by atoms with E-state index in [1.54, 1.807) is 30.3 Å². The van der Waals surface area contributed by atoms with Crippen molar-refractivity contribution in [2.45, 2.75) is 18.0 Å². The van der Waals surface area contributed by atoms with Gasteiger partial charge in [-0.25, -0.2) is 8.42 Å². The number of halogens is 5. The molecule has 174 valence electrons. The smallest absolute Gasteiger partial charge is 0.243 e. The van der Waals surface area contributed by atoms with Gasteiger partial charge >= 0.3 is 0 Å². The van der Waals surface area contributed by atoms with Gasteiger partial charge in [-0.1, -0.05) is 70.1 Å². The molecule has 0 aromatic heterocycles. The summed E-state index contributed by atoms with van der Waals surface area (Å²) in [5, 5.41) is 4.62. The largest absolute Gasteiger partial charge is 0.351 e. The second-order valence-corrected chi connectivity index (χ2v) is 11.0. The topological polar surface area (TPSA) is 66.5 Å². The van der Waals surface area contributed by atoms with Crippen LogP contribution in [0.4, 0.5) is 0 Å². The third-order valence-electron chi connectivity index (χ3n) is 4.62. The van der Waals surface area contributed by atoms with Crippen LogP contribution in [0.1, 0.15) is 11.1 Å². The number of nitrogens with zero attached hydrogens (tertiary/aromatic N) is 1. The highest BCUT2D eigenvalue weighted by Gasteiger charge is 2.27. The first-order valence-corrected chi connectivity index (χ1v) is 12.8. The molecule has 0 unspecified atom stereocenters. The number of sulfonamides is 1. The van der Waals surface area contributed by atoms with Gasteiger partial charge in [-0.15, -0.1) is 0 Å². The lowest BCUT2D eigenvalue weighted by Gasteiger charge is -2.22. The monoisotopic (exact) mass is 564 g/mol. The SMILES string of the molecule is O=C(CN(Cc1ccc(Cl)cc1Cl)S(=O)(=O)c1ccc(Cl)cc1)NCc1ccc(Cl)cc1Cl. The van der Waals surface area contributed by atoms with E-state index < -0.39 is 22.5 Å². The van der Waals surface area contributed by atoms with Crippen molar-refractivity contribution < 1.29 is 13.2 Å². The van der Waals surface area contributed by atoms with Crippen LogP contribution < -0.4 is 5.32 Å². The first-order chi connectivity index (χ1) is 15.6. The van der Waals surface area contributed by atoms with Crippen LogP contribution >= 0.6 is 58.0 Å². The maximum absolute atomic E-state index is 13.3. The average Bonchev–Trinajstić information content (AvgIpc) is 2.74. The highest BCUT2D eigenvalue weighted by molar-refractivity contribution is 7.89. The number of carbonyl (C=O) groups is 1. The third kappa shape index (κ3) is 6.99. The van der Waals surface area contributed by atoms with E-state index in [2.05, 4.69) is 5.32 Å². The molecule has 0 spiro atoms. The summed E-state index contributed by atoms with van der Waals surface area (Å²) in [5.41, 5.74) is 1.13. The number of hydrogen-bond donors (Lipinski definition) is 1. The summed E-state index contributed by atoms with van der Waals surface area (Å²) < 4.78 is 27.7. The van der Waals surface area contributed by atoms with Crippen LogP contribution in [0.3, 0.4) is 0 Å². The summed E-state index contributed by atoms with van der Waals surface area (Å²) in [6, 6.07) is 15.3. The Morgan fingerprint density at radius 1 is 0.758 bits per heavy atom. The van der Waals surface area contributed by atoms with Crippen LogP contribution in [0.25, 0.3) is 0 Å². The summed E-state index contributed by atoms with van der Waals surface area (Å²) in [6.45, 7) is -0.490. The number of rotatable bonds is 8. The third-order valence-corrected chi connectivity index (χ3v) is 7.86. The van der Waals surface area contributed by atoms with Crippen LogP contribution in [0.2, 0.25) is 25.1 Å². The summed E-state index contributed by atoms with van der Waals surface area (Å²) in [7, 11) is -4.06. The number of nitrogens with one attached hydrogen (secondary N) is 1. The highest BCUT2D eigenvalue weighted by atomic mass is 35.5. The molecule has 0 bridgehead atoms. The standard InChI is InChI=1S/C22H17Cl5N2O3S/c23-16-5-7-19(8-6-16)33(31,32)29(12-15-2-4-18(25)10-21(15)27)13-22(30)28-11-14-1-3-17(24)9-20(14)26/h1-10H,11-13H2,(H,28,30). The minimum atomic E-state index is -4.06. The van der Waals surface area contributed by atoms with Gasteiger partial charge in [-0.05, 0) is 59.7 Å². The minimum Gasteiger partial charge on any atom is -0.351 e. The molecule has 5 nitrogen and oxygen atoms in total. The lowest BCUT2D eigenvalue weighted by molar-refractivity contribution is -0.121. The Morgan fingerprint density at radius 2 is 1.27 bits per heavy atom. The van der Waals surface area contributed by atoms with E-state index in [9.17, 15) is 13.2 Å². The van der Waals surface area contributed by atoms with Crippen LogP contribution in [0, 0.1) is 0 Å². The zero-order valence-corrected chi connectivity index (χ0v) is 21.5. The fraction of sp³-hybridized carbons (Fsp3) is 0.136. The molecule has 0 heterocycles. The summed E-state index contributed by atoms with van der Waals surface area (Å²) in [5.74, 6) is -0.524. The summed E-state index contributed by atoms with van der Waals surface area (Å²) in [4.78, 5) is 12.7. The maximum Gasteiger partial charge on any atom is 0.243 e. The lowest BCUT2D eigenvalue weighted by Crippen LogP contribution is -2.40. The molecule has 0 aliphatic heterocycles. The highest BCUT2D eigenvalue weighted by Crippen LogP contribution is 2.26. The predicted octanol–water partition coefficient (Wildman–Crippen LogP) is 6.46. The van der Waals surface area contributed by atoms with Crippen molar-refractivity contribution in [2.75, 3.05) is 6.54 Å². The van der Waals surface area contributed by atoms with E-state index >= 15 is 0 Å². The molecule has 0 aliphatic carbocycles. The second-order valence-electron chi connectivity index (χ2n) is 6.98. The van der Waals surface area contributed by atoms with Crippen molar-refractivity contribution in [3.63, 3.8) is 0 Å². The Kier molecular flexibility index (Phi) is 8.92. The fourth-order valence-electron chi connectivity index (χ4n) is 2.90. The Bertz CT molecular complexity index is 1270. The van der Waals surface area contributed by atoms with Crippen molar-refractivity contribution >= 4 is 73.9 Å². The molecule has 3 aromatic rings. The quantitative estimate of drug-likeness (QED) is 0.340. The molecule has 0 saturated heterocycles. The zero-order chi connectivity index (χ0) is 24.2. The first-order valence-electron chi connectivity index (χ1n) is 9.46. The van der Waals surface area contributed by atoms with E-state index in [0.29, 0.717) is 31.2 Å². The van der Waals surface area contributed by atoms with Crippen molar-refractivity contribution in [2.24, 2.45) is 0 Å². The van der Waals surface area contributed by atoms with Gasteiger partial charge in [-0.2, -0.15) is 4.31 Å². The molecule has 0 atom stereocenters. The molecule has 1 N–H and O–H groups in total. The molecule has 3 aromatic carbocycles. The van der Waals surface area contributed by atoms with Gasteiger partial charge < -0.3 is 5.32 Å². The summed E-state index contributed by atoms with van der Waals surface area (Å²) >= 11 is 30.1. The number of amides is 1. The average molecular weight is 567 g/mol. The minimum absolute atomic E-state index is 0.00877. The van der Waals surface area contributed by atoms with E-state index in [-0.39, 0.29) is 23.0 Å². The molecule has 3 rings (SSSR count). The van der Waals surface area contributed by atoms with Crippen LogP contribution in [-0.2, 0) is 27.9 Å². The van der Waals surface area contributed by atoms with Crippen LogP contribution in [0.5, 0.6) is 0 Å². The van der Waals surface area contributed by atoms with Crippen LogP contribution in [-0.4, -0.2) is 25.2 Å². The van der Waals surface area contributed by atoms with Crippen LogP contribution in [0.15, 0.2) is 65.6 Å². The maximum atomic E-state index is 13.3. The Labute approximate surface area is 217 Å². The second kappa shape index (κ2) is 11.3. The normalized spacial score (nSPS) is 11.6. The molecule has 0 fully saturated rings. The van der Waals surface area contributed by atoms with Gasteiger partial charge in [0.15, 0.2) is 0 Å².